The summed E-state index contributed by atoms with van der Waals surface area (Å²) in [7, 11) is 0. The predicted molar refractivity (Wildman–Crippen MR) is 49.0 cm³/mol. The summed E-state index contributed by atoms with van der Waals surface area (Å²) >= 11 is 0. The van der Waals surface area contributed by atoms with Crippen molar-refractivity contribution in [3.63, 3.8) is 0 Å². The molecule has 2 aromatic rings. The van der Waals surface area contributed by atoms with E-state index in [2.05, 4.69) is 16.0 Å². The Balaban J connectivity index is 2.96. The lowest BCUT2D eigenvalue weighted by atomic mass is 10.4. The number of nitrogens with two attached hydrogens (primary N) is 1. The van der Waals surface area contributed by atoms with Gasteiger partial charge in [0.25, 0.3) is 5.56 Å². The van der Waals surface area contributed by atoms with E-state index in [1.807, 2.05) is 0 Å². The molecule has 0 aliphatic carbocycles. The first-order valence-electron chi connectivity index (χ1n) is 3.55. The summed E-state index contributed by atoms with van der Waals surface area (Å²) in [6, 6.07) is 3.70. The summed E-state index contributed by atoms with van der Waals surface area (Å²) in [6.45, 7) is 0. The van der Waals surface area contributed by atoms with Crippen LogP contribution in [0.15, 0.2) is 17.2 Å². The maximum atomic E-state index is 11.5. The molecule has 0 fully saturated rings. The van der Waals surface area contributed by atoms with Gasteiger partial charge in [-0.1, -0.05) is 6.42 Å². The van der Waals surface area contributed by atoms with E-state index in [9.17, 15) is 4.79 Å². The van der Waals surface area contributed by atoms with Gasteiger partial charge in [0.2, 0.25) is 0 Å². The van der Waals surface area contributed by atoms with Crippen LogP contribution in [-0.4, -0.2) is 14.5 Å². The van der Waals surface area contributed by atoms with Gasteiger partial charge in [-0.05, 0) is 6.07 Å². The lowest BCUT2D eigenvalue weighted by Gasteiger charge is -1.92. The first-order valence-corrected chi connectivity index (χ1v) is 3.55. The summed E-state index contributed by atoms with van der Waals surface area (Å²) in [6.07, 6.45) is 6.36. The standard InChI is InChI=1S/C8H6N4O/c1-2-12-4-10-7-5(8(12)13)3-6(9)11-7/h1,3-4,11H,9H2. The maximum Gasteiger partial charge on any atom is 0.274 e. The second-order valence-corrected chi connectivity index (χ2v) is 2.54. The third-order valence-corrected chi connectivity index (χ3v) is 1.71. The Bertz CT molecular complexity index is 558. The third kappa shape index (κ3) is 0.964. The van der Waals surface area contributed by atoms with Crippen LogP contribution in [0.5, 0.6) is 0 Å². The van der Waals surface area contributed by atoms with Crippen LogP contribution in [0.3, 0.4) is 0 Å². The molecule has 0 spiro atoms. The number of nitrogen functional groups attached to an aromatic ring is 1. The SMILES string of the molecule is C#Cn1cnc2[nH]c(N)cc2c1=O. The molecule has 13 heavy (non-hydrogen) atoms. The summed E-state index contributed by atoms with van der Waals surface area (Å²) in [5.74, 6) is 0.398. The monoisotopic (exact) mass is 174 g/mol. The minimum Gasteiger partial charge on any atom is -0.385 e. The van der Waals surface area contributed by atoms with Gasteiger partial charge in [0.05, 0.1) is 5.39 Å². The Hall–Kier alpha value is -2.22. The number of aromatic amines is 1. The minimum absolute atomic E-state index is 0.291. The molecule has 64 valence electrons. The van der Waals surface area contributed by atoms with Gasteiger partial charge in [-0.15, -0.1) is 0 Å². The van der Waals surface area contributed by atoms with Crippen molar-refractivity contribution in [2.75, 3.05) is 5.73 Å². The van der Waals surface area contributed by atoms with Crippen LogP contribution in [0.2, 0.25) is 0 Å². The van der Waals surface area contributed by atoms with Crippen LogP contribution >= 0.6 is 0 Å². The van der Waals surface area contributed by atoms with Crippen molar-refractivity contribution in [1.82, 2.24) is 14.5 Å². The molecule has 0 aromatic carbocycles. The topological polar surface area (TPSA) is 76.7 Å². The number of aromatic nitrogens is 3. The third-order valence-electron chi connectivity index (χ3n) is 1.71. The zero-order chi connectivity index (χ0) is 9.42. The summed E-state index contributed by atoms with van der Waals surface area (Å²) in [5.41, 5.74) is 5.62. The van der Waals surface area contributed by atoms with E-state index in [-0.39, 0.29) is 5.56 Å². The van der Waals surface area contributed by atoms with Gasteiger partial charge >= 0.3 is 0 Å². The molecule has 3 N–H and O–H groups in total. The van der Waals surface area contributed by atoms with E-state index in [1.54, 1.807) is 0 Å². The average molecular weight is 174 g/mol. The minimum atomic E-state index is -0.291. The second-order valence-electron chi connectivity index (χ2n) is 2.54. The normalized spacial score (nSPS) is 10.1. The highest BCUT2D eigenvalue weighted by molar-refractivity contribution is 5.78. The molecule has 0 aliphatic rings. The Kier molecular flexibility index (Phi) is 1.36. The van der Waals surface area contributed by atoms with Gasteiger partial charge in [0, 0.05) is 6.04 Å². The molecule has 5 nitrogen and oxygen atoms in total. The lowest BCUT2D eigenvalue weighted by molar-refractivity contribution is 1.00. The number of hydrogen-bond acceptors (Lipinski definition) is 3. The summed E-state index contributed by atoms with van der Waals surface area (Å²) in [4.78, 5) is 18.1. The van der Waals surface area contributed by atoms with Gasteiger partial charge in [0.15, 0.2) is 0 Å². The number of nitrogens with one attached hydrogen (secondary N) is 1. The molecule has 2 heterocycles. The number of H-pyrrole nitrogens is 1. The Labute approximate surface area is 73.2 Å². The molecule has 2 aromatic heterocycles. The quantitative estimate of drug-likeness (QED) is 0.540. The molecule has 0 saturated carbocycles. The van der Waals surface area contributed by atoms with Crippen LogP contribution in [0.25, 0.3) is 11.0 Å². The maximum absolute atomic E-state index is 11.5. The predicted octanol–water partition coefficient (Wildman–Crippen LogP) is -0.254. The molecular formula is C8H6N4O. The molecule has 0 amide bonds. The second kappa shape index (κ2) is 2.38. The smallest absolute Gasteiger partial charge is 0.274 e. The highest BCUT2D eigenvalue weighted by Gasteiger charge is 2.04. The molecule has 0 aliphatic heterocycles. The van der Waals surface area contributed by atoms with Crippen LogP contribution in [0, 0.1) is 12.5 Å². The highest BCUT2D eigenvalue weighted by Crippen LogP contribution is 2.08. The number of terminal acetylenes is 1. The van der Waals surface area contributed by atoms with Gasteiger partial charge < -0.3 is 10.7 Å². The van der Waals surface area contributed by atoms with Gasteiger partial charge in [0.1, 0.15) is 17.8 Å². The van der Waals surface area contributed by atoms with E-state index in [0.717, 1.165) is 4.57 Å². The molecule has 5 heteroatoms. The highest BCUT2D eigenvalue weighted by atomic mass is 16.1. The first kappa shape index (κ1) is 7.43. The molecule has 0 atom stereocenters. The van der Waals surface area contributed by atoms with Crippen LogP contribution in [0.1, 0.15) is 0 Å². The largest absolute Gasteiger partial charge is 0.385 e. The lowest BCUT2D eigenvalue weighted by Crippen LogP contribution is -2.15. The van der Waals surface area contributed by atoms with Gasteiger partial charge in [-0.25, -0.2) is 9.55 Å². The number of hydrogen-bond donors (Lipinski definition) is 2. The van der Waals surface area contributed by atoms with Crippen LogP contribution in [0.4, 0.5) is 5.82 Å². The van der Waals surface area contributed by atoms with E-state index in [1.165, 1.54) is 12.4 Å². The molecule has 2 rings (SSSR count). The summed E-state index contributed by atoms with van der Waals surface area (Å²) in [5, 5.41) is 0.401. The molecule has 0 saturated heterocycles. The fraction of sp³-hybridized carbons (Fsp3) is 0. The first-order chi connectivity index (χ1) is 6.22. The van der Waals surface area contributed by atoms with E-state index < -0.39 is 0 Å². The fourth-order valence-corrected chi connectivity index (χ4v) is 1.12. The Morgan fingerprint density at radius 3 is 3.15 bits per heavy atom. The van der Waals surface area contributed by atoms with Crippen molar-refractivity contribution >= 4 is 16.9 Å². The zero-order valence-electron chi connectivity index (χ0n) is 6.61. The molecule has 0 radical (unpaired) electrons. The van der Waals surface area contributed by atoms with Gasteiger partial charge in [-0.3, -0.25) is 4.79 Å². The van der Waals surface area contributed by atoms with Crippen molar-refractivity contribution < 1.29 is 0 Å². The van der Waals surface area contributed by atoms with E-state index >= 15 is 0 Å². The Morgan fingerprint density at radius 2 is 2.46 bits per heavy atom. The summed E-state index contributed by atoms with van der Waals surface area (Å²) < 4.78 is 1.07. The number of anilines is 1. The molecule has 0 unspecified atom stereocenters. The van der Waals surface area contributed by atoms with E-state index in [0.29, 0.717) is 16.9 Å². The van der Waals surface area contributed by atoms with Crippen molar-refractivity contribution in [3.05, 3.63) is 22.7 Å². The Morgan fingerprint density at radius 1 is 1.69 bits per heavy atom. The molecule has 0 bridgehead atoms. The van der Waals surface area contributed by atoms with Crippen LogP contribution < -0.4 is 11.3 Å². The number of rotatable bonds is 0. The van der Waals surface area contributed by atoms with Crippen LogP contribution in [-0.2, 0) is 0 Å². The molecular weight excluding hydrogens is 168 g/mol. The zero-order valence-corrected chi connectivity index (χ0v) is 6.61. The fourth-order valence-electron chi connectivity index (χ4n) is 1.12. The van der Waals surface area contributed by atoms with Crippen molar-refractivity contribution in [2.45, 2.75) is 0 Å². The average Bonchev–Trinajstić information content (AvgIpc) is 2.47. The van der Waals surface area contributed by atoms with Crippen molar-refractivity contribution in [1.29, 1.82) is 0 Å². The van der Waals surface area contributed by atoms with Gasteiger partial charge in [-0.2, -0.15) is 0 Å². The number of nitrogens with zero attached hydrogens (tertiary/aromatic N) is 2. The van der Waals surface area contributed by atoms with Crippen molar-refractivity contribution in [2.24, 2.45) is 0 Å². The van der Waals surface area contributed by atoms with E-state index in [4.69, 9.17) is 12.2 Å². The van der Waals surface area contributed by atoms with Crippen molar-refractivity contribution in [3.8, 4) is 12.5 Å². The number of fused-ring (bicyclic) bond motifs is 1.